The lowest BCUT2D eigenvalue weighted by Gasteiger charge is -2.43. The van der Waals surface area contributed by atoms with Gasteiger partial charge in [-0.2, -0.15) is 8.78 Å². The Bertz CT molecular complexity index is 721. The van der Waals surface area contributed by atoms with Gasteiger partial charge in [0, 0.05) is 34.4 Å². The first kappa shape index (κ1) is 17.2. The summed E-state index contributed by atoms with van der Waals surface area (Å²) < 4.78 is 31.6. The van der Waals surface area contributed by atoms with Gasteiger partial charge in [0.2, 0.25) is 0 Å². The highest BCUT2D eigenvalue weighted by molar-refractivity contribution is 9.11. The summed E-state index contributed by atoms with van der Waals surface area (Å²) in [5, 5.41) is 13.6. The van der Waals surface area contributed by atoms with E-state index in [9.17, 15) is 13.9 Å². The van der Waals surface area contributed by atoms with Crippen LogP contribution in [0.25, 0.3) is 0 Å². The number of allylic oxidation sites excluding steroid dienone is 2. The van der Waals surface area contributed by atoms with E-state index in [-0.39, 0.29) is 12.2 Å². The van der Waals surface area contributed by atoms with Crippen LogP contribution in [0.15, 0.2) is 52.3 Å². The van der Waals surface area contributed by atoms with Crippen LogP contribution in [0.1, 0.15) is 18.9 Å². The fourth-order valence-electron chi connectivity index (χ4n) is 2.95. The lowest BCUT2D eigenvalue weighted by molar-refractivity contribution is -0.0991. The van der Waals surface area contributed by atoms with Crippen molar-refractivity contribution in [2.45, 2.75) is 38.1 Å². The van der Waals surface area contributed by atoms with Crippen LogP contribution < -0.4 is 5.32 Å². The highest BCUT2D eigenvalue weighted by atomic mass is 79.9. The van der Waals surface area contributed by atoms with Crippen LogP contribution in [0.2, 0.25) is 0 Å². The molecular weight excluding hydrogens is 384 g/mol. The van der Waals surface area contributed by atoms with E-state index in [1.165, 1.54) is 6.33 Å². The minimum absolute atomic E-state index is 0.0210. The monoisotopic (exact) mass is 399 g/mol. The van der Waals surface area contributed by atoms with Gasteiger partial charge in [-0.1, -0.05) is 22.0 Å². The van der Waals surface area contributed by atoms with Crippen molar-refractivity contribution in [3.8, 4) is 0 Å². The highest BCUT2D eigenvalue weighted by Crippen LogP contribution is 2.41. The molecule has 1 aliphatic heterocycles. The molecule has 3 rings (SSSR count). The standard InChI is InChI=1S/C16H16BrF2N3O2/c1-16-3-2-10(17)5-12(16)13(24-15(18)19)11(14(23)22-16)4-9-6-20-8-21-7-9/h2,5-8,14-15,22-23H,3-4H2,1H3. The third-order valence-corrected chi connectivity index (χ3v) is 4.67. The van der Waals surface area contributed by atoms with Gasteiger partial charge in [0.1, 0.15) is 18.3 Å². The number of alkyl halides is 2. The molecule has 0 saturated carbocycles. The van der Waals surface area contributed by atoms with E-state index in [1.54, 1.807) is 18.5 Å². The lowest BCUT2D eigenvalue weighted by atomic mass is 9.78. The molecule has 2 N–H and O–H groups in total. The molecule has 5 nitrogen and oxygen atoms in total. The van der Waals surface area contributed by atoms with Crippen molar-refractivity contribution >= 4 is 15.9 Å². The molecule has 1 aliphatic carbocycles. The van der Waals surface area contributed by atoms with Crippen molar-refractivity contribution in [1.29, 1.82) is 0 Å². The number of fused-ring (bicyclic) bond motifs is 1. The van der Waals surface area contributed by atoms with E-state index in [1.807, 2.05) is 13.0 Å². The predicted octanol–water partition coefficient (Wildman–Crippen LogP) is 2.80. The van der Waals surface area contributed by atoms with Gasteiger partial charge in [0.25, 0.3) is 0 Å². The van der Waals surface area contributed by atoms with Crippen LogP contribution in [-0.4, -0.2) is 33.5 Å². The van der Waals surface area contributed by atoms with Crippen LogP contribution in [0.5, 0.6) is 0 Å². The van der Waals surface area contributed by atoms with Crippen molar-refractivity contribution in [3.63, 3.8) is 0 Å². The van der Waals surface area contributed by atoms with Gasteiger partial charge in [0.05, 0.1) is 5.54 Å². The zero-order chi connectivity index (χ0) is 17.3. The number of aromatic nitrogens is 2. The summed E-state index contributed by atoms with van der Waals surface area (Å²) in [4.78, 5) is 7.82. The molecule has 1 aromatic heterocycles. The summed E-state index contributed by atoms with van der Waals surface area (Å²) in [6.07, 6.45) is 7.82. The van der Waals surface area contributed by atoms with Crippen LogP contribution in [-0.2, 0) is 11.2 Å². The fourth-order valence-corrected chi connectivity index (χ4v) is 3.34. The molecule has 0 amide bonds. The van der Waals surface area contributed by atoms with Gasteiger partial charge in [-0.15, -0.1) is 0 Å². The number of hydrogen-bond donors (Lipinski definition) is 2. The van der Waals surface area contributed by atoms with E-state index in [0.717, 1.165) is 4.48 Å². The molecule has 128 valence electrons. The van der Waals surface area contributed by atoms with Crippen LogP contribution in [0, 0.1) is 0 Å². The summed E-state index contributed by atoms with van der Waals surface area (Å²) in [7, 11) is 0. The lowest BCUT2D eigenvalue weighted by Crippen LogP contribution is -2.55. The Morgan fingerprint density at radius 2 is 2.17 bits per heavy atom. The molecule has 0 radical (unpaired) electrons. The summed E-state index contributed by atoms with van der Waals surface area (Å²) in [5.41, 5.74) is 0.918. The maximum absolute atomic E-state index is 13.0. The molecular formula is C16H16BrF2N3O2. The van der Waals surface area contributed by atoms with Crippen molar-refractivity contribution in [2.75, 3.05) is 0 Å². The van der Waals surface area contributed by atoms with Crippen LogP contribution >= 0.6 is 15.9 Å². The largest absolute Gasteiger partial charge is 0.434 e. The van der Waals surface area contributed by atoms with Gasteiger partial charge in [-0.3, -0.25) is 5.32 Å². The smallest absolute Gasteiger partial charge is 0.387 e. The second-order valence-corrected chi connectivity index (χ2v) is 6.80. The van der Waals surface area contributed by atoms with Gasteiger partial charge in [-0.05, 0) is 25.0 Å². The topological polar surface area (TPSA) is 67.3 Å². The number of halogens is 3. The van der Waals surface area contributed by atoms with Crippen molar-refractivity contribution in [2.24, 2.45) is 0 Å². The SMILES string of the molecule is CC12CC=C(Br)C=C1C(OC(F)F)=C(Cc1cncnc1)C(O)N2. The third-order valence-electron chi connectivity index (χ3n) is 4.12. The molecule has 2 atom stereocenters. The van der Waals surface area contributed by atoms with Gasteiger partial charge >= 0.3 is 6.61 Å². The summed E-state index contributed by atoms with van der Waals surface area (Å²) in [6, 6.07) is 0. The van der Waals surface area contributed by atoms with Crippen molar-refractivity contribution < 1.29 is 18.6 Å². The number of aliphatic hydroxyl groups excluding tert-OH is 1. The summed E-state index contributed by atoms with van der Waals surface area (Å²) >= 11 is 3.38. The van der Waals surface area contributed by atoms with Gasteiger partial charge < -0.3 is 9.84 Å². The van der Waals surface area contributed by atoms with E-state index >= 15 is 0 Å². The molecule has 0 bridgehead atoms. The van der Waals surface area contributed by atoms with Crippen LogP contribution in [0.3, 0.4) is 0 Å². The molecule has 1 aromatic rings. The average molecular weight is 400 g/mol. The Hall–Kier alpha value is -1.64. The molecule has 2 unspecified atom stereocenters. The molecule has 24 heavy (non-hydrogen) atoms. The molecule has 0 fully saturated rings. The Morgan fingerprint density at radius 3 is 2.83 bits per heavy atom. The van der Waals surface area contributed by atoms with Crippen molar-refractivity contribution in [1.82, 2.24) is 15.3 Å². The molecule has 8 heteroatoms. The Kier molecular flexibility index (Phi) is 4.80. The maximum atomic E-state index is 13.0. The number of rotatable bonds is 4. The molecule has 2 heterocycles. The number of hydrogen-bond acceptors (Lipinski definition) is 5. The van der Waals surface area contributed by atoms with Gasteiger partial charge in [-0.25, -0.2) is 9.97 Å². The zero-order valence-electron chi connectivity index (χ0n) is 12.8. The average Bonchev–Trinajstić information content (AvgIpc) is 2.53. The maximum Gasteiger partial charge on any atom is 0.387 e. The fraction of sp³-hybridized carbons (Fsp3) is 0.375. The number of nitrogens with one attached hydrogen (secondary N) is 1. The summed E-state index contributed by atoms with van der Waals surface area (Å²) in [5.74, 6) is 0.0210. The minimum atomic E-state index is -2.98. The molecule has 0 spiro atoms. The Morgan fingerprint density at radius 1 is 1.46 bits per heavy atom. The highest BCUT2D eigenvalue weighted by Gasteiger charge is 2.42. The Labute approximate surface area is 146 Å². The second-order valence-electron chi connectivity index (χ2n) is 5.89. The van der Waals surface area contributed by atoms with E-state index in [2.05, 4.69) is 31.2 Å². The minimum Gasteiger partial charge on any atom is -0.434 e. The first-order valence-corrected chi connectivity index (χ1v) is 8.14. The van der Waals surface area contributed by atoms with E-state index in [0.29, 0.717) is 23.1 Å². The quantitative estimate of drug-likeness (QED) is 0.814. The van der Waals surface area contributed by atoms with E-state index < -0.39 is 18.4 Å². The van der Waals surface area contributed by atoms with E-state index in [4.69, 9.17) is 4.74 Å². The molecule has 0 aromatic carbocycles. The second kappa shape index (κ2) is 6.70. The first-order valence-electron chi connectivity index (χ1n) is 7.35. The molecule has 0 saturated heterocycles. The first-order chi connectivity index (χ1) is 11.4. The summed E-state index contributed by atoms with van der Waals surface area (Å²) in [6.45, 7) is -1.14. The van der Waals surface area contributed by atoms with Gasteiger partial charge in [0.15, 0.2) is 0 Å². The zero-order valence-corrected chi connectivity index (χ0v) is 14.4. The predicted molar refractivity (Wildman–Crippen MR) is 87.1 cm³/mol. The number of aliphatic hydroxyl groups is 1. The number of nitrogens with zero attached hydrogens (tertiary/aromatic N) is 2. The normalized spacial score (nSPS) is 26.8. The number of ether oxygens (including phenoxy) is 1. The van der Waals surface area contributed by atoms with Crippen LogP contribution in [0.4, 0.5) is 8.78 Å². The molecule has 2 aliphatic rings. The van der Waals surface area contributed by atoms with Crippen molar-refractivity contribution in [3.05, 3.63) is 57.8 Å². The third kappa shape index (κ3) is 3.40. The Balaban J connectivity index is 2.08.